The molecule has 10 heteroatoms. The van der Waals surface area contributed by atoms with E-state index in [1.54, 1.807) is 33.9 Å². The van der Waals surface area contributed by atoms with Gasteiger partial charge in [0.15, 0.2) is 5.58 Å². The summed E-state index contributed by atoms with van der Waals surface area (Å²) < 4.78 is 37.2. The molecule has 0 radical (unpaired) electrons. The highest BCUT2D eigenvalue weighted by Crippen LogP contribution is 2.28. The molecule has 27 heavy (non-hydrogen) atoms. The molecule has 0 bridgehead atoms. The van der Waals surface area contributed by atoms with E-state index in [0.717, 1.165) is 0 Å². The van der Waals surface area contributed by atoms with Crippen LogP contribution in [0.25, 0.3) is 11.1 Å². The molecule has 8 nitrogen and oxygen atoms in total. The first-order valence-electron chi connectivity index (χ1n) is 8.67. The number of carbonyl (C=O) groups excluding carboxylic acids is 1. The minimum atomic E-state index is -3.56. The van der Waals surface area contributed by atoms with Crippen molar-refractivity contribution in [3.63, 3.8) is 0 Å². The molecule has 0 unspecified atom stereocenters. The molecule has 1 atom stereocenters. The van der Waals surface area contributed by atoms with Crippen LogP contribution in [-0.2, 0) is 19.6 Å². The molecule has 1 aromatic carbocycles. The first-order valence-corrected chi connectivity index (χ1v) is 11.0. The molecule has 0 saturated heterocycles. The highest BCUT2D eigenvalue weighted by Gasteiger charge is 2.23. The number of amides is 1. The van der Waals surface area contributed by atoms with Crippen LogP contribution >= 0.6 is 11.8 Å². The SMILES string of the molecule is CCN(CC)S(=O)(=O)c1ccc2oc(S[C@H](C)C(=O)NCCOC)nc2c1. The third kappa shape index (κ3) is 5.22. The first kappa shape index (κ1) is 21.7. The number of sulfonamides is 1. The van der Waals surface area contributed by atoms with Crippen LogP contribution in [0, 0.1) is 0 Å². The summed E-state index contributed by atoms with van der Waals surface area (Å²) in [6, 6.07) is 4.60. The molecule has 0 aliphatic carbocycles. The van der Waals surface area contributed by atoms with E-state index in [1.165, 1.54) is 28.2 Å². The van der Waals surface area contributed by atoms with E-state index >= 15 is 0 Å². The van der Waals surface area contributed by atoms with Crippen LogP contribution in [0.4, 0.5) is 0 Å². The van der Waals surface area contributed by atoms with E-state index in [0.29, 0.717) is 42.6 Å². The zero-order valence-corrected chi connectivity index (χ0v) is 17.5. The Hall–Kier alpha value is -1.62. The topological polar surface area (TPSA) is 102 Å². The standard InChI is InChI=1S/C17H25N3O5S2/c1-5-20(6-2)27(22,23)13-7-8-15-14(11-13)19-17(25-15)26-12(3)16(21)18-9-10-24-4/h7-8,11-12H,5-6,9-10H2,1-4H3,(H,18,21)/t12-/m1/s1. The molecule has 2 aromatic rings. The second-order valence-corrected chi connectivity index (χ2v) is 8.97. The molecule has 1 N–H and O–H groups in total. The van der Waals surface area contributed by atoms with Gasteiger partial charge in [-0.2, -0.15) is 4.31 Å². The number of fused-ring (bicyclic) bond motifs is 1. The zero-order valence-electron chi connectivity index (χ0n) is 15.9. The number of hydrogen-bond donors (Lipinski definition) is 1. The molecule has 1 amide bonds. The quantitative estimate of drug-likeness (QED) is 0.468. The average molecular weight is 416 g/mol. The largest absolute Gasteiger partial charge is 0.431 e. The lowest BCUT2D eigenvalue weighted by Gasteiger charge is -2.18. The Morgan fingerprint density at radius 3 is 2.70 bits per heavy atom. The summed E-state index contributed by atoms with van der Waals surface area (Å²) in [6.45, 7) is 7.00. The number of rotatable bonds is 10. The van der Waals surface area contributed by atoms with E-state index in [1.807, 2.05) is 0 Å². The Balaban J connectivity index is 2.17. The maximum atomic E-state index is 12.6. The highest BCUT2D eigenvalue weighted by atomic mass is 32.2. The number of nitrogens with one attached hydrogen (secondary N) is 1. The molecule has 150 valence electrons. The molecular formula is C17H25N3O5S2. The zero-order chi connectivity index (χ0) is 20.0. The van der Waals surface area contributed by atoms with Gasteiger partial charge >= 0.3 is 0 Å². The number of ether oxygens (including phenoxy) is 1. The average Bonchev–Trinajstić information content (AvgIpc) is 3.03. The van der Waals surface area contributed by atoms with Crippen LogP contribution in [0.15, 0.2) is 32.7 Å². The highest BCUT2D eigenvalue weighted by molar-refractivity contribution is 8.00. The number of carbonyl (C=O) groups is 1. The van der Waals surface area contributed by atoms with Crippen molar-refractivity contribution in [3.05, 3.63) is 18.2 Å². The minimum Gasteiger partial charge on any atom is -0.431 e. The molecule has 2 rings (SSSR count). The molecule has 1 aromatic heterocycles. The number of oxazole rings is 1. The van der Waals surface area contributed by atoms with Crippen molar-refractivity contribution < 1.29 is 22.4 Å². The van der Waals surface area contributed by atoms with Gasteiger partial charge in [-0.3, -0.25) is 4.79 Å². The Kier molecular flexibility index (Phi) is 7.66. The fraction of sp³-hybridized carbons (Fsp3) is 0.529. The van der Waals surface area contributed by atoms with Gasteiger partial charge in [0.25, 0.3) is 5.22 Å². The predicted octanol–water partition coefficient (Wildman–Crippen LogP) is 2.10. The third-order valence-corrected chi connectivity index (χ3v) is 6.92. The summed E-state index contributed by atoms with van der Waals surface area (Å²) in [4.78, 5) is 16.5. The number of aromatic nitrogens is 1. The molecular weight excluding hydrogens is 390 g/mol. The van der Waals surface area contributed by atoms with Crippen molar-refractivity contribution in [2.45, 2.75) is 36.1 Å². The van der Waals surface area contributed by atoms with Gasteiger partial charge in [0.1, 0.15) is 5.52 Å². The monoisotopic (exact) mass is 415 g/mol. The smallest absolute Gasteiger partial charge is 0.257 e. The normalized spacial score (nSPS) is 13.2. The Labute approximate surface area is 163 Å². The summed E-state index contributed by atoms with van der Waals surface area (Å²) in [5.41, 5.74) is 0.917. The second-order valence-electron chi connectivity index (χ2n) is 5.74. The molecule has 0 aliphatic rings. The van der Waals surface area contributed by atoms with Gasteiger partial charge in [0, 0.05) is 26.7 Å². The third-order valence-electron chi connectivity index (χ3n) is 3.93. The number of methoxy groups -OCH3 is 1. The Morgan fingerprint density at radius 1 is 1.37 bits per heavy atom. The van der Waals surface area contributed by atoms with Gasteiger partial charge in [0.05, 0.1) is 16.8 Å². The summed E-state index contributed by atoms with van der Waals surface area (Å²) in [5.74, 6) is -0.149. The predicted molar refractivity (Wildman–Crippen MR) is 104 cm³/mol. The van der Waals surface area contributed by atoms with Gasteiger partial charge < -0.3 is 14.5 Å². The van der Waals surface area contributed by atoms with Crippen LogP contribution in [0.5, 0.6) is 0 Å². The summed E-state index contributed by atoms with van der Waals surface area (Å²) in [6.07, 6.45) is 0. The molecule has 0 saturated carbocycles. The van der Waals surface area contributed by atoms with Crippen molar-refractivity contribution in [2.24, 2.45) is 0 Å². The lowest BCUT2D eigenvalue weighted by Crippen LogP contribution is -2.33. The number of benzene rings is 1. The molecule has 1 heterocycles. The number of nitrogens with zero attached hydrogens (tertiary/aromatic N) is 2. The lowest BCUT2D eigenvalue weighted by molar-refractivity contribution is -0.120. The van der Waals surface area contributed by atoms with Crippen LogP contribution in [-0.4, -0.2) is 62.2 Å². The van der Waals surface area contributed by atoms with Gasteiger partial charge in [-0.15, -0.1) is 0 Å². The van der Waals surface area contributed by atoms with Crippen LogP contribution in [0.2, 0.25) is 0 Å². The van der Waals surface area contributed by atoms with Gasteiger partial charge in [-0.05, 0) is 25.1 Å². The van der Waals surface area contributed by atoms with Crippen molar-refractivity contribution in [3.8, 4) is 0 Å². The van der Waals surface area contributed by atoms with E-state index < -0.39 is 15.3 Å². The maximum absolute atomic E-state index is 12.6. The molecule has 0 spiro atoms. The van der Waals surface area contributed by atoms with E-state index in [9.17, 15) is 13.2 Å². The maximum Gasteiger partial charge on any atom is 0.257 e. The van der Waals surface area contributed by atoms with Crippen LogP contribution < -0.4 is 5.32 Å². The fourth-order valence-electron chi connectivity index (χ4n) is 2.43. The first-order chi connectivity index (χ1) is 12.8. The van der Waals surface area contributed by atoms with E-state index in [4.69, 9.17) is 9.15 Å². The van der Waals surface area contributed by atoms with E-state index in [2.05, 4.69) is 10.3 Å². The summed E-state index contributed by atoms with van der Waals surface area (Å²) >= 11 is 1.17. The molecule has 0 aliphatic heterocycles. The van der Waals surface area contributed by atoms with Crippen molar-refractivity contribution in [1.82, 2.24) is 14.6 Å². The van der Waals surface area contributed by atoms with E-state index in [-0.39, 0.29) is 10.8 Å². The van der Waals surface area contributed by atoms with Crippen LogP contribution in [0.3, 0.4) is 0 Å². The summed E-state index contributed by atoms with van der Waals surface area (Å²) in [7, 11) is -2.00. The number of hydrogen-bond acceptors (Lipinski definition) is 7. The van der Waals surface area contributed by atoms with Gasteiger partial charge in [0.2, 0.25) is 15.9 Å². The van der Waals surface area contributed by atoms with Crippen molar-refractivity contribution >= 4 is 38.8 Å². The number of thioether (sulfide) groups is 1. The summed E-state index contributed by atoms with van der Waals surface area (Å²) in [5, 5.41) is 2.66. The van der Waals surface area contributed by atoms with Crippen molar-refractivity contribution in [1.29, 1.82) is 0 Å². The minimum absolute atomic E-state index is 0.149. The van der Waals surface area contributed by atoms with Crippen molar-refractivity contribution in [2.75, 3.05) is 33.4 Å². The lowest BCUT2D eigenvalue weighted by atomic mass is 10.3. The van der Waals surface area contributed by atoms with Gasteiger partial charge in [-0.1, -0.05) is 25.6 Å². The molecule has 0 fully saturated rings. The Bertz CT molecular complexity index is 878. The van der Waals surface area contributed by atoms with Gasteiger partial charge in [-0.25, -0.2) is 13.4 Å². The second kappa shape index (κ2) is 9.54. The van der Waals surface area contributed by atoms with Crippen LogP contribution in [0.1, 0.15) is 20.8 Å². The Morgan fingerprint density at radius 2 is 2.07 bits per heavy atom. The fourth-order valence-corrected chi connectivity index (χ4v) is 4.69.